The molecule has 3 rings (SSSR count). The second-order valence-electron chi connectivity index (χ2n) is 4.85. The summed E-state index contributed by atoms with van der Waals surface area (Å²) in [5.74, 6) is 0. The van der Waals surface area contributed by atoms with Gasteiger partial charge >= 0.3 is 0 Å². The lowest BCUT2D eigenvalue weighted by atomic mass is 10.1. The molecule has 0 aliphatic rings. The molecule has 0 aromatic carbocycles. The van der Waals surface area contributed by atoms with Gasteiger partial charge in [-0.25, -0.2) is 4.98 Å². The van der Waals surface area contributed by atoms with Gasteiger partial charge in [-0.15, -0.1) is 0 Å². The molecule has 21 heavy (non-hydrogen) atoms. The number of rotatable bonds is 3. The van der Waals surface area contributed by atoms with Crippen molar-refractivity contribution in [2.75, 3.05) is 6.54 Å². The van der Waals surface area contributed by atoms with Gasteiger partial charge in [-0.05, 0) is 37.7 Å². The summed E-state index contributed by atoms with van der Waals surface area (Å²) >= 11 is 0. The number of aryl methyl sites for hydroxylation is 1. The van der Waals surface area contributed by atoms with E-state index in [1.165, 1.54) is 0 Å². The van der Waals surface area contributed by atoms with Gasteiger partial charge in [0.1, 0.15) is 5.65 Å². The zero-order chi connectivity index (χ0) is 14.8. The molecule has 0 bridgehead atoms. The van der Waals surface area contributed by atoms with Crippen LogP contribution < -0.4 is 11.3 Å². The van der Waals surface area contributed by atoms with Crippen LogP contribution in [0.1, 0.15) is 11.4 Å². The lowest BCUT2D eigenvalue weighted by molar-refractivity contribution is 0.893. The molecule has 0 aliphatic carbocycles. The third-order valence-corrected chi connectivity index (χ3v) is 3.42. The van der Waals surface area contributed by atoms with Crippen LogP contribution >= 0.6 is 0 Å². The molecule has 5 heteroatoms. The van der Waals surface area contributed by atoms with Gasteiger partial charge in [-0.3, -0.25) is 14.2 Å². The Morgan fingerprint density at radius 3 is 2.76 bits per heavy atom. The van der Waals surface area contributed by atoms with Crippen LogP contribution in [0.25, 0.3) is 16.9 Å². The van der Waals surface area contributed by atoms with Gasteiger partial charge in [0.2, 0.25) is 0 Å². The van der Waals surface area contributed by atoms with Crippen molar-refractivity contribution in [1.29, 1.82) is 0 Å². The zero-order valence-electron chi connectivity index (χ0n) is 11.8. The highest BCUT2D eigenvalue weighted by Gasteiger charge is 2.15. The van der Waals surface area contributed by atoms with Crippen molar-refractivity contribution in [2.24, 2.45) is 5.73 Å². The fourth-order valence-electron chi connectivity index (χ4n) is 2.47. The van der Waals surface area contributed by atoms with Gasteiger partial charge in [0.05, 0.1) is 17.0 Å². The smallest absolute Gasteiger partial charge is 0.267 e. The molecule has 0 saturated heterocycles. The predicted molar refractivity (Wildman–Crippen MR) is 82.2 cm³/mol. The highest BCUT2D eigenvalue weighted by Crippen LogP contribution is 2.18. The molecule has 2 N–H and O–H groups in total. The van der Waals surface area contributed by atoms with Crippen LogP contribution in [-0.2, 0) is 6.42 Å². The van der Waals surface area contributed by atoms with Gasteiger partial charge in [-0.1, -0.05) is 12.1 Å². The molecule has 0 atom stereocenters. The van der Waals surface area contributed by atoms with Crippen molar-refractivity contribution >= 4 is 5.65 Å². The average molecular weight is 280 g/mol. The summed E-state index contributed by atoms with van der Waals surface area (Å²) in [6, 6.07) is 11.1. The number of aromatic nitrogens is 3. The molecule has 0 aliphatic heterocycles. The van der Waals surface area contributed by atoms with Crippen molar-refractivity contribution in [3.63, 3.8) is 0 Å². The molecule has 0 radical (unpaired) electrons. The number of hydrogen-bond acceptors (Lipinski definition) is 4. The molecule has 0 amide bonds. The van der Waals surface area contributed by atoms with E-state index in [1.807, 2.05) is 43.3 Å². The SMILES string of the molecule is Cc1cccc2nc(CCN)c(-c3ccccn3)c(=O)n12. The summed E-state index contributed by atoms with van der Waals surface area (Å²) in [6.45, 7) is 2.33. The minimum Gasteiger partial charge on any atom is -0.330 e. The molecule has 3 heterocycles. The highest BCUT2D eigenvalue weighted by atomic mass is 16.1. The maximum Gasteiger partial charge on any atom is 0.267 e. The number of hydrogen-bond donors (Lipinski definition) is 1. The van der Waals surface area contributed by atoms with Crippen LogP contribution in [0.3, 0.4) is 0 Å². The summed E-state index contributed by atoms with van der Waals surface area (Å²) in [6.07, 6.45) is 2.22. The van der Waals surface area contributed by atoms with Crippen molar-refractivity contribution < 1.29 is 0 Å². The molecule has 0 unspecified atom stereocenters. The average Bonchev–Trinajstić information content (AvgIpc) is 2.48. The molecular formula is C16H16N4O. The van der Waals surface area contributed by atoms with E-state index < -0.39 is 0 Å². The Morgan fingerprint density at radius 1 is 1.19 bits per heavy atom. The van der Waals surface area contributed by atoms with Crippen LogP contribution in [0.2, 0.25) is 0 Å². The van der Waals surface area contributed by atoms with Gasteiger partial charge in [-0.2, -0.15) is 0 Å². The van der Waals surface area contributed by atoms with E-state index in [4.69, 9.17) is 5.73 Å². The monoisotopic (exact) mass is 280 g/mol. The largest absolute Gasteiger partial charge is 0.330 e. The summed E-state index contributed by atoms with van der Waals surface area (Å²) < 4.78 is 1.62. The Bertz CT molecular complexity index is 840. The first-order valence-corrected chi connectivity index (χ1v) is 6.85. The Kier molecular flexibility index (Phi) is 3.50. The molecule has 5 nitrogen and oxygen atoms in total. The summed E-state index contributed by atoms with van der Waals surface area (Å²) in [5.41, 5.74) is 8.93. The standard InChI is InChI=1S/C16H16N4O/c1-11-5-4-7-14-19-13(8-9-17)15(16(21)20(11)14)12-6-2-3-10-18-12/h2-7,10H,8-9,17H2,1H3. The van der Waals surface area contributed by atoms with Crippen molar-refractivity contribution in [1.82, 2.24) is 14.4 Å². The Labute approximate surface area is 122 Å². The van der Waals surface area contributed by atoms with Crippen LogP contribution in [0, 0.1) is 6.92 Å². The molecule has 3 aromatic rings. The molecule has 0 saturated carbocycles. The third kappa shape index (κ3) is 2.32. The van der Waals surface area contributed by atoms with Crippen molar-refractivity contribution in [3.8, 4) is 11.3 Å². The second-order valence-corrected chi connectivity index (χ2v) is 4.85. The Balaban J connectivity index is 2.41. The van der Waals surface area contributed by atoms with E-state index in [0.717, 1.165) is 5.69 Å². The van der Waals surface area contributed by atoms with E-state index in [9.17, 15) is 4.79 Å². The zero-order valence-corrected chi connectivity index (χ0v) is 11.8. The van der Waals surface area contributed by atoms with Gasteiger partial charge in [0.25, 0.3) is 5.56 Å². The lowest BCUT2D eigenvalue weighted by Crippen LogP contribution is -2.23. The predicted octanol–water partition coefficient (Wildman–Crippen LogP) is 1.57. The molecule has 0 spiro atoms. The lowest BCUT2D eigenvalue weighted by Gasteiger charge is -2.11. The summed E-state index contributed by atoms with van der Waals surface area (Å²) in [7, 11) is 0. The Morgan fingerprint density at radius 2 is 2.05 bits per heavy atom. The van der Waals surface area contributed by atoms with Gasteiger partial charge < -0.3 is 5.73 Å². The maximum atomic E-state index is 12.9. The number of pyridine rings is 2. The molecular weight excluding hydrogens is 264 g/mol. The van der Waals surface area contributed by atoms with Crippen LogP contribution in [0.4, 0.5) is 0 Å². The molecule has 3 aromatic heterocycles. The Hall–Kier alpha value is -2.53. The fraction of sp³-hybridized carbons (Fsp3) is 0.188. The van der Waals surface area contributed by atoms with Gasteiger partial charge in [0.15, 0.2) is 0 Å². The third-order valence-electron chi connectivity index (χ3n) is 3.42. The van der Waals surface area contributed by atoms with Crippen molar-refractivity contribution in [3.05, 3.63) is 64.3 Å². The number of nitrogens with two attached hydrogens (primary N) is 1. The van der Waals surface area contributed by atoms with E-state index in [-0.39, 0.29) is 5.56 Å². The normalized spacial score (nSPS) is 11.0. The summed E-state index contributed by atoms with van der Waals surface area (Å²) in [5, 5.41) is 0. The maximum absolute atomic E-state index is 12.9. The first-order valence-electron chi connectivity index (χ1n) is 6.85. The minimum absolute atomic E-state index is 0.0970. The van der Waals surface area contributed by atoms with E-state index >= 15 is 0 Å². The summed E-state index contributed by atoms with van der Waals surface area (Å²) in [4.78, 5) is 21.8. The molecule has 0 fully saturated rings. The number of nitrogens with zero attached hydrogens (tertiary/aromatic N) is 3. The fourth-order valence-corrected chi connectivity index (χ4v) is 2.47. The second kappa shape index (κ2) is 5.46. The topological polar surface area (TPSA) is 73.3 Å². The van der Waals surface area contributed by atoms with Crippen LogP contribution in [0.5, 0.6) is 0 Å². The van der Waals surface area contributed by atoms with E-state index in [0.29, 0.717) is 35.6 Å². The molecule has 106 valence electrons. The van der Waals surface area contributed by atoms with Crippen LogP contribution in [0.15, 0.2) is 47.4 Å². The van der Waals surface area contributed by atoms with E-state index in [1.54, 1.807) is 10.6 Å². The highest BCUT2D eigenvalue weighted by molar-refractivity contribution is 5.63. The first-order chi connectivity index (χ1) is 10.2. The van der Waals surface area contributed by atoms with Crippen molar-refractivity contribution in [2.45, 2.75) is 13.3 Å². The van der Waals surface area contributed by atoms with Gasteiger partial charge in [0, 0.05) is 18.3 Å². The van der Waals surface area contributed by atoms with Crippen LogP contribution in [-0.4, -0.2) is 20.9 Å². The van der Waals surface area contributed by atoms with E-state index in [2.05, 4.69) is 9.97 Å². The quantitative estimate of drug-likeness (QED) is 0.790. The number of fused-ring (bicyclic) bond motifs is 1. The first kappa shape index (κ1) is 13.5. The minimum atomic E-state index is -0.0970.